The quantitative estimate of drug-likeness (QED) is 0.618. The van der Waals surface area contributed by atoms with Gasteiger partial charge < -0.3 is 9.47 Å². The Bertz CT molecular complexity index is 110. The van der Waals surface area contributed by atoms with Gasteiger partial charge in [-0.05, 0) is 36.9 Å². The summed E-state index contributed by atoms with van der Waals surface area (Å²) in [4.78, 5) is 0. The molecule has 0 N–H and O–H groups in total. The molecule has 0 atom stereocenters. The van der Waals surface area contributed by atoms with E-state index < -0.39 is 0 Å². The third-order valence-corrected chi connectivity index (χ3v) is 3.00. The van der Waals surface area contributed by atoms with E-state index in [0.717, 1.165) is 0 Å². The van der Waals surface area contributed by atoms with Crippen LogP contribution in [0.3, 0.4) is 0 Å². The van der Waals surface area contributed by atoms with Crippen molar-refractivity contribution >= 4 is 56.7 Å². The molecule has 0 aliphatic heterocycles. The van der Waals surface area contributed by atoms with Gasteiger partial charge in [-0.2, -0.15) is 0 Å². The molecule has 0 aromatic carbocycles. The molecule has 0 amide bonds. The third kappa shape index (κ3) is 19.1. The number of thioether (sulfide) groups is 2. The van der Waals surface area contributed by atoms with Crippen molar-refractivity contribution in [3.63, 3.8) is 0 Å². The fraction of sp³-hybridized carbons (Fsp3) is 0.714. The average Bonchev–Trinajstić information content (AvgIpc) is 2.16. The van der Waals surface area contributed by atoms with Gasteiger partial charge in [0.15, 0.2) is 0 Å². The number of ether oxygens (including phenoxy) is 2. The number of hydrogen-bond acceptors (Lipinski definition) is 6. The van der Waals surface area contributed by atoms with Crippen molar-refractivity contribution in [3.05, 3.63) is 0 Å². The molecule has 0 fully saturated rings. The second kappa shape index (κ2) is 15.0. The van der Waals surface area contributed by atoms with Crippen molar-refractivity contribution in [2.45, 2.75) is 7.43 Å². The smallest absolute Gasteiger partial charge is 0.219 e. The summed E-state index contributed by atoms with van der Waals surface area (Å²) >= 11 is 12.1. The Kier molecular flexibility index (Phi) is 22.0. The first-order chi connectivity index (χ1) is 5.62. The lowest BCUT2D eigenvalue weighted by atomic mass is 11.5. The van der Waals surface area contributed by atoms with Crippen LogP contribution in [0.25, 0.3) is 0 Å². The standard InChI is InChI=1S/2C3H6OS2.CH4/c2*1-4-3(5)6-2;/h2*1-2H3;1H4. The van der Waals surface area contributed by atoms with Crippen LogP contribution in [-0.4, -0.2) is 35.5 Å². The fourth-order valence-electron chi connectivity index (χ4n) is 0.167. The maximum absolute atomic E-state index is 4.60. The Morgan fingerprint density at radius 2 is 1.15 bits per heavy atom. The van der Waals surface area contributed by atoms with Gasteiger partial charge in [0.2, 0.25) is 8.77 Å². The zero-order valence-electron chi connectivity index (χ0n) is 7.45. The van der Waals surface area contributed by atoms with E-state index in [1.165, 1.54) is 23.5 Å². The maximum atomic E-state index is 4.60. The summed E-state index contributed by atoms with van der Waals surface area (Å²) in [7, 11) is 3.14. The molecule has 0 aromatic heterocycles. The van der Waals surface area contributed by atoms with Gasteiger partial charge in [0.25, 0.3) is 0 Å². The van der Waals surface area contributed by atoms with Crippen LogP contribution in [0.4, 0.5) is 0 Å². The third-order valence-electron chi connectivity index (χ3n) is 0.667. The van der Waals surface area contributed by atoms with Crippen LogP contribution in [0.15, 0.2) is 0 Å². The first kappa shape index (κ1) is 19.1. The Morgan fingerprint density at radius 1 is 0.923 bits per heavy atom. The summed E-state index contributed by atoms with van der Waals surface area (Å²) in [5.41, 5.74) is 0. The van der Waals surface area contributed by atoms with Gasteiger partial charge in [-0.1, -0.05) is 31.0 Å². The van der Waals surface area contributed by atoms with Crippen LogP contribution >= 0.6 is 48.0 Å². The van der Waals surface area contributed by atoms with Gasteiger partial charge in [0.05, 0.1) is 14.2 Å². The first-order valence-corrected chi connectivity index (χ1v) is 6.12. The first-order valence-electron chi connectivity index (χ1n) is 2.86. The zero-order valence-corrected chi connectivity index (χ0v) is 10.7. The molecule has 0 saturated carbocycles. The molecule has 0 bridgehead atoms. The number of thiocarbonyl (C=S) groups is 2. The van der Waals surface area contributed by atoms with Crippen LogP contribution in [0, 0.1) is 0 Å². The summed E-state index contributed by atoms with van der Waals surface area (Å²) in [6.45, 7) is 0. The van der Waals surface area contributed by atoms with Crippen LogP contribution in [0.2, 0.25) is 0 Å². The number of methoxy groups -OCH3 is 2. The molecule has 13 heavy (non-hydrogen) atoms. The SMILES string of the molecule is C.COC(=S)SC.COC(=S)SC. The van der Waals surface area contributed by atoms with Gasteiger partial charge in [-0.15, -0.1) is 0 Å². The second-order valence-electron chi connectivity index (χ2n) is 1.32. The normalized spacial score (nSPS) is 7.08. The summed E-state index contributed by atoms with van der Waals surface area (Å²) < 4.78 is 10.4. The number of hydrogen-bond donors (Lipinski definition) is 0. The Hall–Kier alpha value is 0.480. The highest BCUT2D eigenvalue weighted by Crippen LogP contribution is 1.96. The zero-order chi connectivity index (χ0) is 9.98. The minimum Gasteiger partial charge on any atom is -0.482 e. The Morgan fingerprint density at radius 3 is 1.15 bits per heavy atom. The van der Waals surface area contributed by atoms with E-state index >= 15 is 0 Å². The highest BCUT2D eigenvalue weighted by molar-refractivity contribution is 8.22. The van der Waals surface area contributed by atoms with Gasteiger partial charge in [0.1, 0.15) is 0 Å². The summed E-state index contributed by atoms with van der Waals surface area (Å²) in [5, 5.41) is 0. The lowest BCUT2D eigenvalue weighted by molar-refractivity contribution is 0.426. The van der Waals surface area contributed by atoms with E-state index in [-0.39, 0.29) is 7.43 Å². The molecule has 0 aliphatic carbocycles. The molecule has 0 aromatic rings. The molecule has 0 unspecified atom stereocenters. The molecule has 0 saturated heterocycles. The van der Waals surface area contributed by atoms with E-state index in [1.807, 2.05) is 12.5 Å². The minimum absolute atomic E-state index is 0. The summed E-state index contributed by atoms with van der Waals surface area (Å²) in [5.74, 6) is 0. The van der Waals surface area contributed by atoms with Crippen molar-refractivity contribution in [3.8, 4) is 0 Å². The average molecular weight is 260 g/mol. The monoisotopic (exact) mass is 260 g/mol. The molecule has 6 heteroatoms. The molecule has 2 nitrogen and oxygen atoms in total. The molecule has 0 aliphatic rings. The van der Waals surface area contributed by atoms with Crippen molar-refractivity contribution < 1.29 is 9.47 Å². The van der Waals surface area contributed by atoms with E-state index in [0.29, 0.717) is 8.77 Å². The van der Waals surface area contributed by atoms with Crippen LogP contribution < -0.4 is 0 Å². The lowest BCUT2D eigenvalue weighted by Gasteiger charge is -1.90. The van der Waals surface area contributed by atoms with E-state index in [4.69, 9.17) is 0 Å². The van der Waals surface area contributed by atoms with Gasteiger partial charge in [0, 0.05) is 0 Å². The van der Waals surface area contributed by atoms with Gasteiger partial charge >= 0.3 is 0 Å². The molecule has 0 spiro atoms. The topological polar surface area (TPSA) is 18.5 Å². The lowest BCUT2D eigenvalue weighted by Crippen LogP contribution is -1.85. The molecule has 0 heterocycles. The molecule has 0 rings (SSSR count). The second-order valence-corrected chi connectivity index (χ2v) is 4.13. The number of rotatable bonds is 0. The van der Waals surface area contributed by atoms with Crippen LogP contribution in [-0.2, 0) is 9.47 Å². The van der Waals surface area contributed by atoms with Gasteiger partial charge in [-0.25, -0.2) is 0 Å². The minimum atomic E-state index is 0. The largest absolute Gasteiger partial charge is 0.482 e. The highest BCUT2D eigenvalue weighted by Gasteiger charge is 1.82. The summed E-state index contributed by atoms with van der Waals surface area (Å²) in [6.07, 6.45) is 3.76. The maximum Gasteiger partial charge on any atom is 0.219 e. The highest BCUT2D eigenvalue weighted by atomic mass is 32.2. The molecule has 80 valence electrons. The van der Waals surface area contributed by atoms with Crippen molar-refractivity contribution in [1.29, 1.82) is 0 Å². The van der Waals surface area contributed by atoms with E-state index in [1.54, 1.807) is 14.2 Å². The molecule has 0 radical (unpaired) electrons. The van der Waals surface area contributed by atoms with Crippen molar-refractivity contribution in [2.24, 2.45) is 0 Å². The molecular weight excluding hydrogens is 244 g/mol. The Labute approximate surface area is 100 Å². The molecular formula is C7H16O2S4. The predicted molar refractivity (Wildman–Crippen MR) is 73.0 cm³/mol. The van der Waals surface area contributed by atoms with Crippen LogP contribution in [0.5, 0.6) is 0 Å². The van der Waals surface area contributed by atoms with Gasteiger partial charge in [-0.3, -0.25) is 0 Å². The van der Waals surface area contributed by atoms with Crippen molar-refractivity contribution in [1.82, 2.24) is 0 Å². The van der Waals surface area contributed by atoms with E-state index in [9.17, 15) is 0 Å². The summed E-state index contributed by atoms with van der Waals surface area (Å²) in [6, 6.07) is 0. The van der Waals surface area contributed by atoms with E-state index in [2.05, 4.69) is 33.9 Å². The van der Waals surface area contributed by atoms with Crippen LogP contribution in [0.1, 0.15) is 7.43 Å². The fourth-order valence-corrected chi connectivity index (χ4v) is 0.500. The Balaban J connectivity index is -0.000000143. The predicted octanol–water partition coefficient (Wildman–Crippen LogP) is 3.20. The van der Waals surface area contributed by atoms with Crippen molar-refractivity contribution in [2.75, 3.05) is 26.7 Å².